The lowest BCUT2D eigenvalue weighted by Gasteiger charge is -2.35. The molecule has 2 aliphatic rings. The van der Waals surface area contributed by atoms with Gasteiger partial charge in [-0.3, -0.25) is 4.79 Å². The molecule has 116 valence electrons. The van der Waals surface area contributed by atoms with Crippen LogP contribution in [0.15, 0.2) is 0 Å². The third-order valence-corrected chi connectivity index (χ3v) is 7.31. The molecule has 2 atom stereocenters. The van der Waals surface area contributed by atoms with Gasteiger partial charge in [0.1, 0.15) is 0 Å². The van der Waals surface area contributed by atoms with E-state index >= 15 is 0 Å². The van der Waals surface area contributed by atoms with Gasteiger partial charge < -0.3 is 10.0 Å². The van der Waals surface area contributed by atoms with Crippen LogP contribution < -0.4 is 0 Å². The quantitative estimate of drug-likeness (QED) is 0.805. The summed E-state index contributed by atoms with van der Waals surface area (Å²) in [6, 6.07) is 0.161. The first-order valence-electron chi connectivity index (χ1n) is 7.24. The van der Waals surface area contributed by atoms with Crippen LogP contribution in [0.2, 0.25) is 0 Å². The minimum Gasteiger partial charge on any atom is -0.396 e. The van der Waals surface area contributed by atoms with Gasteiger partial charge in [-0.25, -0.2) is 8.42 Å². The molecule has 2 unspecified atom stereocenters. The number of piperidine rings is 1. The van der Waals surface area contributed by atoms with Crippen molar-refractivity contribution in [3.8, 4) is 0 Å². The van der Waals surface area contributed by atoms with Gasteiger partial charge in [-0.1, -0.05) is 0 Å². The number of nitrogens with zero attached hydrogens (tertiary/aromatic N) is 1. The number of thioether (sulfide) groups is 1. The van der Waals surface area contributed by atoms with Crippen LogP contribution in [0.1, 0.15) is 32.1 Å². The highest BCUT2D eigenvalue weighted by Crippen LogP contribution is 2.26. The Kier molecular flexibility index (Phi) is 5.74. The van der Waals surface area contributed by atoms with Crippen molar-refractivity contribution in [3.63, 3.8) is 0 Å². The molecule has 1 N–H and O–H groups in total. The third kappa shape index (κ3) is 4.36. The lowest BCUT2D eigenvalue weighted by atomic mass is 10.00. The Hall–Kier alpha value is -0.270. The van der Waals surface area contributed by atoms with Gasteiger partial charge in [0.25, 0.3) is 0 Å². The zero-order valence-electron chi connectivity index (χ0n) is 11.7. The first kappa shape index (κ1) is 16.1. The Morgan fingerprint density at radius 1 is 1.30 bits per heavy atom. The fourth-order valence-corrected chi connectivity index (χ4v) is 6.47. The molecule has 0 spiro atoms. The molecule has 2 saturated heterocycles. The zero-order chi connectivity index (χ0) is 14.6. The molecule has 0 aromatic rings. The molecule has 0 bridgehead atoms. The number of hydrogen-bond donors (Lipinski definition) is 1. The van der Waals surface area contributed by atoms with Gasteiger partial charge in [0.05, 0.1) is 17.3 Å². The van der Waals surface area contributed by atoms with Gasteiger partial charge in [-0.2, -0.15) is 0 Å². The summed E-state index contributed by atoms with van der Waals surface area (Å²) in [5, 5.41) is 9.14. The van der Waals surface area contributed by atoms with Gasteiger partial charge in [0, 0.05) is 24.4 Å². The SMILES string of the molecule is O=C(CSC1CCS(=O)(=O)C1)N1CCCCC1CCO. The van der Waals surface area contributed by atoms with Crippen LogP contribution >= 0.6 is 11.8 Å². The zero-order valence-corrected chi connectivity index (χ0v) is 13.3. The topological polar surface area (TPSA) is 74.7 Å². The average Bonchev–Trinajstić information content (AvgIpc) is 2.77. The van der Waals surface area contributed by atoms with Crippen molar-refractivity contribution in [2.45, 2.75) is 43.4 Å². The molecule has 2 aliphatic heterocycles. The number of aliphatic hydroxyl groups excluding tert-OH is 1. The van der Waals surface area contributed by atoms with Crippen molar-refractivity contribution in [1.82, 2.24) is 4.90 Å². The standard InChI is InChI=1S/C13H23NO4S2/c15-7-4-11-3-1-2-6-14(11)13(16)9-19-12-5-8-20(17,18)10-12/h11-12,15H,1-10H2. The summed E-state index contributed by atoms with van der Waals surface area (Å²) < 4.78 is 22.8. The molecule has 5 nitrogen and oxygen atoms in total. The molecule has 7 heteroatoms. The van der Waals surface area contributed by atoms with Gasteiger partial charge in [-0.15, -0.1) is 11.8 Å². The number of amides is 1. The van der Waals surface area contributed by atoms with Gasteiger partial charge in [0.15, 0.2) is 9.84 Å². The lowest BCUT2D eigenvalue weighted by Crippen LogP contribution is -2.45. The number of carbonyl (C=O) groups is 1. The maximum absolute atomic E-state index is 12.3. The number of carbonyl (C=O) groups excluding carboxylic acids is 1. The molecule has 0 aliphatic carbocycles. The summed E-state index contributed by atoms with van der Waals surface area (Å²) in [5.74, 6) is 0.931. The Bertz CT molecular complexity index is 436. The number of rotatable bonds is 5. The molecule has 0 radical (unpaired) electrons. The summed E-state index contributed by atoms with van der Waals surface area (Å²) in [6.45, 7) is 0.884. The smallest absolute Gasteiger partial charge is 0.232 e. The predicted octanol–water partition coefficient (Wildman–Crippen LogP) is 0.670. The van der Waals surface area contributed by atoms with Crippen LogP contribution in [0.4, 0.5) is 0 Å². The van der Waals surface area contributed by atoms with E-state index in [4.69, 9.17) is 5.11 Å². The molecule has 20 heavy (non-hydrogen) atoms. The Labute approximate surface area is 125 Å². The second-order valence-electron chi connectivity index (χ2n) is 5.59. The summed E-state index contributed by atoms with van der Waals surface area (Å²) in [4.78, 5) is 14.2. The molecule has 2 rings (SSSR count). The van der Waals surface area contributed by atoms with Crippen LogP contribution in [-0.2, 0) is 14.6 Å². The minimum atomic E-state index is -2.87. The summed E-state index contributed by atoms with van der Waals surface area (Å²) in [6.07, 6.45) is 4.42. The van der Waals surface area contributed by atoms with Crippen molar-refractivity contribution >= 4 is 27.5 Å². The average molecular weight is 321 g/mol. The van der Waals surface area contributed by atoms with E-state index in [1.54, 1.807) is 0 Å². The van der Waals surface area contributed by atoms with Crippen molar-refractivity contribution in [3.05, 3.63) is 0 Å². The highest BCUT2D eigenvalue weighted by molar-refractivity contribution is 8.02. The molecular weight excluding hydrogens is 298 g/mol. The molecular formula is C13H23NO4S2. The third-order valence-electron chi connectivity index (χ3n) is 4.04. The monoisotopic (exact) mass is 321 g/mol. The summed E-state index contributed by atoms with van der Waals surface area (Å²) in [7, 11) is -2.87. The lowest BCUT2D eigenvalue weighted by molar-refractivity contribution is -0.132. The number of aliphatic hydroxyl groups is 1. The fourth-order valence-electron chi connectivity index (χ4n) is 2.94. The molecule has 2 fully saturated rings. The van der Waals surface area contributed by atoms with Crippen LogP contribution in [-0.4, -0.2) is 66.0 Å². The molecule has 0 saturated carbocycles. The van der Waals surface area contributed by atoms with E-state index in [0.29, 0.717) is 18.6 Å². The van der Waals surface area contributed by atoms with E-state index < -0.39 is 9.84 Å². The highest BCUT2D eigenvalue weighted by atomic mass is 32.2. The van der Waals surface area contributed by atoms with Crippen LogP contribution in [0, 0.1) is 0 Å². The van der Waals surface area contributed by atoms with Crippen LogP contribution in [0.25, 0.3) is 0 Å². The maximum Gasteiger partial charge on any atom is 0.232 e. The van der Waals surface area contributed by atoms with Gasteiger partial charge in [0.2, 0.25) is 5.91 Å². The highest BCUT2D eigenvalue weighted by Gasteiger charge is 2.30. The van der Waals surface area contributed by atoms with Crippen LogP contribution in [0.3, 0.4) is 0 Å². The van der Waals surface area contributed by atoms with E-state index in [0.717, 1.165) is 25.8 Å². The first-order valence-corrected chi connectivity index (χ1v) is 10.1. The van der Waals surface area contributed by atoms with Crippen molar-refractivity contribution in [2.75, 3.05) is 30.4 Å². The molecule has 0 aromatic heterocycles. The fraction of sp³-hybridized carbons (Fsp3) is 0.923. The second kappa shape index (κ2) is 7.13. The maximum atomic E-state index is 12.3. The number of hydrogen-bond acceptors (Lipinski definition) is 5. The van der Waals surface area contributed by atoms with Crippen molar-refractivity contribution < 1.29 is 18.3 Å². The summed E-state index contributed by atoms with van der Waals surface area (Å²) in [5.41, 5.74) is 0. The normalized spacial score (nSPS) is 29.6. The largest absolute Gasteiger partial charge is 0.396 e. The van der Waals surface area contributed by atoms with Gasteiger partial charge >= 0.3 is 0 Å². The predicted molar refractivity (Wildman–Crippen MR) is 80.6 cm³/mol. The summed E-state index contributed by atoms with van der Waals surface area (Å²) >= 11 is 1.48. The Morgan fingerprint density at radius 3 is 2.75 bits per heavy atom. The minimum absolute atomic E-state index is 0.0741. The Morgan fingerprint density at radius 2 is 2.10 bits per heavy atom. The van der Waals surface area contributed by atoms with E-state index in [2.05, 4.69) is 0 Å². The van der Waals surface area contributed by atoms with Crippen molar-refractivity contribution in [2.24, 2.45) is 0 Å². The molecule has 0 aromatic carbocycles. The molecule has 1 amide bonds. The number of sulfone groups is 1. The van der Waals surface area contributed by atoms with Gasteiger partial charge in [-0.05, 0) is 32.1 Å². The van der Waals surface area contributed by atoms with E-state index in [1.807, 2.05) is 4.90 Å². The van der Waals surface area contributed by atoms with Crippen LogP contribution in [0.5, 0.6) is 0 Å². The second-order valence-corrected chi connectivity index (χ2v) is 9.10. The van der Waals surface area contributed by atoms with Crippen molar-refractivity contribution in [1.29, 1.82) is 0 Å². The van der Waals surface area contributed by atoms with E-state index in [9.17, 15) is 13.2 Å². The van der Waals surface area contributed by atoms with E-state index in [-0.39, 0.29) is 35.3 Å². The van der Waals surface area contributed by atoms with E-state index in [1.165, 1.54) is 11.8 Å². The Balaban J connectivity index is 1.81. The first-order chi connectivity index (χ1) is 9.52. The molecule has 2 heterocycles. The number of likely N-dealkylation sites (tertiary alicyclic amines) is 1.